The van der Waals surface area contributed by atoms with E-state index in [2.05, 4.69) is 33.9 Å². The molecule has 2 aliphatic heterocycles. The van der Waals surface area contributed by atoms with Crippen LogP contribution in [0.4, 0.5) is 0 Å². The Balaban J connectivity index is 1.50. The Morgan fingerprint density at radius 3 is 1.59 bits per heavy atom. The van der Waals surface area contributed by atoms with E-state index in [0.29, 0.717) is 21.8 Å². The third kappa shape index (κ3) is 3.16. The molecule has 166 valence electrons. The molecule has 0 aromatic carbocycles. The fourth-order valence-electron chi connectivity index (χ4n) is 5.35. The summed E-state index contributed by atoms with van der Waals surface area (Å²) >= 11 is 12.9. The predicted octanol–water partition coefficient (Wildman–Crippen LogP) is 6.48. The monoisotopic (exact) mass is 470 g/mol. The quantitative estimate of drug-likeness (QED) is 0.319. The second-order valence-corrected chi connectivity index (χ2v) is 9.71. The van der Waals surface area contributed by atoms with Gasteiger partial charge in [-0.25, -0.2) is 9.97 Å². The molecule has 2 fully saturated rings. The van der Waals surface area contributed by atoms with Crippen molar-refractivity contribution in [1.29, 1.82) is 0 Å². The lowest BCUT2D eigenvalue weighted by molar-refractivity contribution is 0.316. The number of nitrogens with zero attached hydrogens (tertiary/aromatic N) is 4. The maximum atomic E-state index is 6.45. The molecule has 2 atom stereocenters. The van der Waals surface area contributed by atoms with Gasteiger partial charge < -0.3 is 8.83 Å². The maximum Gasteiger partial charge on any atom is 0.170 e. The van der Waals surface area contributed by atoms with Crippen molar-refractivity contribution in [3.8, 4) is 11.5 Å². The normalized spacial score (nSPS) is 22.6. The van der Waals surface area contributed by atoms with E-state index in [1.165, 1.54) is 0 Å². The zero-order valence-corrected chi connectivity index (χ0v) is 19.6. The summed E-state index contributed by atoms with van der Waals surface area (Å²) in [5.74, 6) is 1.24. The van der Waals surface area contributed by atoms with Crippen LogP contribution in [0.5, 0.6) is 0 Å². The number of pyridine rings is 2. The highest BCUT2D eigenvalue weighted by Gasteiger charge is 2.29. The minimum absolute atomic E-state index is 0.278. The van der Waals surface area contributed by atoms with Gasteiger partial charge in [-0.15, -0.1) is 0 Å². The second-order valence-electron chi connectivity index (χ2n) is 8.99. The first kappa shape index (κ1) is 20.5. The van der Waals surface area contributed by atoms with Gasteiger partial charge >= 0.3 is 0 Å². The molecule has 8 heteroatoms. The van der Waals surface area contributed by atoms with Crippen LogP contribution >= 0.6 is 23.2 Å². The first-order chi connectivity index (χ1) is 15.5. The summed E-state index contributed by atoms with van der Waals surface area (Å²) in [5, 5.41) is 2.48. The van der Waals surface area contributed by atoms with Gasteiger partial charge in [-0.3, -0.25) is 9.80 Å². The third-order valence-electron chi connectivity index (χ3n) is 7.07. The molecule has 2 saturated heterocycles. The number of aromatic nitrogens is 2. The summed E-state index contributed by atoms with van der Waals surface area (Å²) in [5.41, 5.74) is 3.69. The molecule has 6 nitrogen and oxygen atoms in total. The molecular formula is C24H24Cl2N4O2. The van der Waals surface area contributed by atoms with E-state index in [0.717, 1.165) is 71.8 Å². The second kappa shape index (κ2) is 7.73. The van der Waals surface area contributed by atoms with Gasteiger partial charge in [0.2, 0.25) is 0 Å². The van der Waals surface area contributed by atoms with Gasteiger partial charge in [0, 0.05) is 35.6 Å². The minimum atomic E-state index is 0.278. The number of hydrogen-bond acceptors (Lipinski definition) is 6. The highest BCUT2D eigenvalue weighted by Crippen LogP contribution is 2.43. The molecule has 0 unspecified atom stereocenters. The zero-order chi connectivity index (χ0) is 22.0. The van der Waals surface area contributed by atoms with E-state index in [-0.39, 0.29) is 12.1 Å². The van der Waals surface area contributed by atoms with Crippen molar-refractivity contribution in [2.75, 3.05) is 27.2 Å². The smallest absolute Gasteiger partial charge is 0.170 e. The molecule has 6 rings (SSSR count). The van der Waals surface area contributed by atoms with Gasteiger partial charge in [0.05, 0.1) is 10.8 Å². The van der Waals surface area contributed by atoms with Crippen LogP contribution in [0.25, 0.3) is 33.5 Å². The number of halogens is 2. The van der Waals surface area contributed by atoms with Crippen LogP contribution < -0.4 is 0 Å². The van der Waals surface area contributed by atoms with E-state index in [4.69, 9.17) is 32.0 Å². The topological polar surface area (TPSA) is 58.5 Å². The number of hydrogen-bond donors (Lipinski definition) is 0. The van der Waals surface area contributed by atoms with Gasteiger partial charge in [-0.1, -0.05) is 23.2 Å². The number of rotatable bonds is 3. The number of fused-ring (bicyclic) bond motifs is 2. The molecular weight excluding hydrogens is 447 g/mol. The first-order valence-electron chi connectivity index (χ1n) is 11.1. The van der Waals surface area contributed by atoms with Crippen molar-refractivity contribution in [2.24, 2.45) is 0 Å². The molecule has 0 amide bonds. The number of likely N-dealkylation sites (tertiary alicyclic amines) is 2. The highest BCUT2D eigenvalue weighted by atomic mass is 35.5. The molecule has 0 saturated carbocycles. The Kier molecular flexibility index (Phi) is 4.95. The molecule has 0 N–H and O–H groups in total. The molecule has 4 aromatic heterocycles. The fraction of sp³-hybridized carbons (Fsp3) is 0.417. The highest BCUT2D eigenvalue weighted by molar-refractivity contribution is 6.34. The zero-order valence-electron chi connectivity index (χ0n) is 18.1. The summed E-state index contributed by atoms with van der Waals surface area (Å²) in [7, 11) is 4.27. The Hall–Kier alpha value is -2.12. The Morgan fingerprint density at radius 1 is 0.781 bits per heavy atom. The standard InChI is InChI=1S/C24H24Cl2N4O2/c1-29-7-3-5-17(29)15-11-27-23(25)13-9-19(31-21(13)15)20-10-14-22(32-20)16(12-28-24(14)26)18-6-4-8-30(18)2/h9-12,17-18H,3-8H2,1-2H3/t17-,18-/m0/s1. The van der Waals surface area contributed by atoms with Crippen LogP contribution in [-0.2, 0) is 0 Å². The average Bonchev–Trinajstić information content (AvgIpc) is 3.55. The summed E-state index contributed by atoms with van der Waals surface area (Å²) in [6.45, 7) is 2.13. The van der Waals surface area contributed by atoms with Crippen LogP contribution in [-0.4, -0.2) is 47.0 Å². The molecule has 4 aromatic rings. The summed E-state index contributed by atoms with van der Waals surface area (Å²) < 4.78 is 12.7. The fourth-order valence-corrected chi connectivity index (χ4v) is 5.73. The van der Waals surface area contributed by atoms with E-state index >= 15 is 0 Å². The third-order valence-corrected chi connectivity index (χ3v) is 7.67. The Morgan fingerprint density at radius 2 is 1.22 bits per heavy atom. The van der Waals surface area contributed by atoms with Crippen molar-refractivity contribution >= 4 is 45.1 Å². The van der Waals surface area contributed by atoms with Gasteiger partial charge in [-0.05, 0) is 65.0 Å². The van der Waals surface area contributed by atoms with Crippen LogP contribution in [0.3, 0.4) is 0 Å². The van der Waals surface area contributed by atoms with Gasteiger partial charge in [0.1, 0.15) is 21.5 Å². The van der Waals surface area contributed by atoms with E-state index < -0.39 is 0 Å². The van der Waals surface area contributed by atoms with Crippen molar-refractivity contribution in [1.82, 2.24) is 19.8 Å². The maximum absolute atomic E-state index is 6.45. The van der Waals surface area contributed by atoms with Gasteiger partial charge in [-0.2, -0.15) is 0 Å². The molecule has 0 radical (unpaired) electrons. The van der Waals surface area contributed by atoms with E-state index in [1.54, 1.807) is 0 Å². The first-order valence-corrected chi connectivity index (χ1v) is 11.8. The van der Waals surface area contributed by atoms with Crippen molar-refractivity contribution in [2.45, 2.75) is 37.8 Å². The molecule has 6 heterocycles. The summed E-state index contributed by atoms with van der Waals surface area (Å²) in [4.78, 5) is 13.5. The lowest BCUT2D eigenvalue weighted by Crippen LogP contribution is -2.17. The Labute approximate surface area is 196 Å². The molecule has 0 bridgehead atoms. The lowest BCUT2D eigenvalue weighted by Gasteiger charge is -2.19. The van der Waals surface area contributed by atoms with Crippen molar-refractivity contribution < 1.29 is 8.83 Å². The van der Waals surface area contributed by atoms with Gasteiger partial charge in [0.25, 0.3) is 0 Å². The summed E-state index contributed by atoms with van der Waals surface area (Å²) in [6, 6.07) is 4.40. The average molecular weight is 471 g/mol. The summed E-state index contributed by atoms with van der Waals surface area (Å²) in [6.07, 6.45) is 8.17. The van der Waals surface area contributed by atoms with Crippen LogP contribution in [0, 0.1) is 0 Å². The SMILES string of the molecule is CN1CCC[C@H]1c1cnc(Cl)c2cc(-c3cc4c(Cl)ncc([C@@H]5CCCN5C)c4o3)oc12. The van der Waals surface area contributed by atoms with Crippen molar-refractivity contribution in [3.63, 3.8) is 0 Å². The minimum Gasteiger partial charge on any atom is -0.452 e. The molecule has 2 aliphatic rings. The van der Waals surface area contributed by atoms with Gasteiger partial charge in [0.15, 0.2) is 11.5 Å². The van der Waals surface area contributed by atoms with Crippen LogP contribution in [0.1, 0.15) is 48.9 Å². The van der Waals surface area contributed by atoms with Crippen molar-refractivity contribution in [3.05, 3.63) is 46.0 Å². The molecule has 32 heavy (non-hydrogen) atoms. The Bertz CT molecular complexity index is 1230. The molecule has 0 spiro atoms. The van der Waals surface area contributed by atoms with E-state index in [1.807, 2.05) is 24.5 Å². The predicted molar refractivity (Wildman–Crippen MR) is 126 cm³/mol. The van der Waals surface area contributed by atoms with Crippen LogP contribution in [0.15, 0.2) is 33.4 Å². The van der Waals surface area contributed by atoms with E-state index in [9.17, 15) is 0 Å². The molecule has 0 aliphatic carbocycles. The van der Waals surface area contributed by atoms with Crippen LogP contribution in [0.2, 0.25) is 10.3 Å². The largest absolute Gasteiger partial charge is 0.452 e. The number of furan rings is 2. The lowest BCUT2D eigenvalue weighted by atomic mass is 10.1.